The number of hydrogen-bond donors (Lipinski definition) is 1. The molecule has 0 aliphatic rings. The van der Waals surface area contributed by atoms with Gasteiger partial charge in [0.05, 0.1) is 11.0 Å². The summed E-state index contributed by atoms with van der Waals surface area (Å²) >= 11 is 0. The van der Waals surface area contributed by atoms with E-state index in [4.69, 9.17) is 0 Å². The van der Waals surface area contributed by atoms with E-state index in [9.17, 15) is 8.42 Å². The third-order valence-corrected chi connectivity index (χ3v) is 5.85. The maximum absolute atomic E-state index is 11.9. The van der Waals surface area contributed by atoms with Crippen LogP contribution in [0.1, 0.15) is 53.9 Å². The average Bonchev–Trinajstić information content (AvgIpc) is 2.24. The van der Waals surface area contributed by atoms with Crippen LogP contribution in [-0.4, -0.2) is 32.0 Å². The van der Waals surface area contributed by atoms with E-state index in [1.54, 1.807) is 0 Å². The van der Waals surface area contributed by atoms with Crippen LogP contribution in [0.2, 0.25) is 0 Å². The fourth-order valence-electron chi connectivity index (χ4n) is 1.68. The predicted molar refractivity (Wildman–Crippen MR) is 75.1 cm³/mol. The van der Waals surface area contributed by atoms with Gasteiger partial charge in [-0.2, -0.15) is 0 Å². The van der Waals surface area contributed by atoms with E-state index in [1.165, 1.54) is 0 Å². The Kier molecular flexibility index (Phi) is 8.05. The van der Waals surface area contributed by atoms with Crippen LogP contribution in [0.25, 0.3) is 0 Å². The molecule has 0 saturated heterocycles. The van der Waals surface area contributed by atoms with Crippen LogP contribution in [0.3, 0.4) is 0 Å². The zero-order valence-corrected chi connectivity index (χ0v) is 12.8. The molecule has 0 rings (SSSR count). The van der Waals surface area contributed by atoms with Crippen molar-refractivity contribution >= 4 is 9.84 Å². The van der Waals surface area contributed by atoms with Gasteiger partial charge in [-0.05, 0) is 45.6 Å². The van der Waals surface area contributed by atoms with Gasteiger partial charge in [0.15, 0.2) is 9.84 Å². The number of hydrogen-bond acceptors (Lipinski definition) is 3. The topological polar surface area (TPSA) is 46.2 Å². The van der Waals surface area contributed by atoms with Gasteiger partial charge in [-0.1, -0.05) is 20.8 Å². The van der Waals surface area contributed by atoms with Crippen molar-refractivity contribution in [2.45, 2.75) is 65.2 Å². The van der Waals surface area contributed by atoms with Crippen LogP contribution < -0.4 is 5.32 Å². The lowest BCUT2D eigenvalue weighted by Gasteiger charge is -2.17. The Hall–Kier alpha value is -0.0900. The molecule has 2 unspecified atom stereocenters. The Labute approximate surface area is 107 Å². The van der Waals surface area contributed by atoms with Gasteiger partial charge in [0, 0.05) is 6.04 Å². The first kappa shape index (κ1) is 16.9. The third kappa shape index (κ3) is 7.04. The van der Waals surface area contributed by atoms with E-state index in [1.807, 2.05) is 20.8 Å². The molecule has 2 atom stereocenters. The third-order valence-electron chi connectivity index (χ3n) is 3.31. The summed E-state index contributed by atoms with van der Waals surface area (Å²) in [4.78, 5) is 0. The van der Waals surface area contributed by atoms with Crippen molar-refractivity contribution in [1.29, 1.82) is 0 Å². The second kappa shape index (κ2) is 8.09. The second-order valence-electron chi connectivity index (χ2n) is 5.31. The van der Waals surface area contributed by atoms with Crippen molar-refractivity contribution in [3.63, 3.8) is 0 Å². The lowest BCUT2D eigenvalue weighted by molar-refractivity contribution is 0.501. The standard InChI is InChI=1S/C13H29NO2S/c1-6-9-14-12(4)8-7-10-17(15,16)13(5)11(2)3/h11-14H,6-10H2,1-5H3. The van der Waals surface area contributed by atoms with Crippen molar-refractivity contribution in [3.8, 4) is 0 Å². The Morgan fingerprint density at radius 1 is 1.12 bits per heavy atom. The first-order valence-electron chi connectivity index (χ1n) is 6.76. The quantitative estimate of drug-likeness (QED) is 0.695. The Morgan fingerprint density at radius 3 is 2.18 bits per heavy atom. The largest absolute Gasteiger partial charge is 0.314 e. The molecule has 0 aromatic rings. The van der Waals surface area contributed by atoms with E-state index in [0.29, 0.717) is 11.8 Å². The normalized spacial score (nSPS) is 16.1. The molecule has 17 heavy (non-hydrogen) atoms. The Morgan fingerprint density at radius 2 is 1.71 bits per heavy atom. The molecule has 4 heteroatoms. The number of sulfone groups is 1. The van der Waals surface area contributed by atoms with E-state index in [2.05, 4.69) is 19.2 Å². The van der Waals surface area contributed by atoms with Crippen LogP contribution >= 0.6 is 0 Å². The highest BCUT2D eigenvalue weighted by molar-refractivity contribution is 7.92. The van der Waals surface area contributed by atoms with Crippen LogP contribution in [0.15, 0.2) is 0 Å². The monoisotopic (exact) mass is 263 g/mol. The number of nitrogens with one attached hydrogen (secondary N) is 1. The van der Waals surface area contributed by atoms with Crippen molar-refractivity contribution in [3.05, 3.63) is 0 Å². The SMILES string of the molecule is CCCNC(C)CCCS(=O)(=O)C(C)C(C)C. The average molecular weight is 263 g/mol. The van der Waals surface area contributed by atoms with Crippen LogP contribution in [0, 0.1) is 5.92 Å². The molecule has 104 valence electrons. The van der Waals surface area contributed by atoms with E-state index < -0.39 is 9.84 Å². The summed E-state index contributed by atoms with van der Waals surface area (Å²) in [7, 11) is -2.90. The molecule has 0 spiro atoms. The van der Waals surface area contributed by atoms with Crippen molar-refractivity contribution < 1.29 is 8.42 Å². The molecule has 0 saturated carbocycles. The van der Waals surface area contributed by atoms with Gasteiger partial charge in [-0.3, -0.25) is 0 Å². The van der Waals surface area contributed by atoms with Crippen LogP contribution in [0.5, 0.6) is 0 Å². The molecular weight excluding hydrogens is 234 g/mol. The second-order valence-corrected chi connectivity index (χ2v) is 7.79. The van der Waals surface area contributed by atoms with Gasteiger partial charge >= 0.3 is 0 Å². The van der Waals surface area contributed by atoms with Crippen molar-refractivity contribution in [2.75, 3.05) is 12.3 Å². The summed E-state index contributed by atoms with van der Waals surface area (Å²) < 4.78 is 23.9. The molecule has 0 aromatic heterocycles. The zero-order chi connectivity index (χ0) is 13.5. The number of rotatable bonds is 9. The molecule has 0 aromatic carbocycles. The highest BCUT2D eigenvalue weighted by Crippen LogP contribution is 2.14. The van der Waals surface area contributed by atoms with Gasteiger partial charge in [0.1, 0.15) is 0 Å². The van der Waals surface area contributed by atoms with Gasteiger partial charge in [-0.15, -0.1) is 0 Å². The van der Waals surface area contributed by atoms with Crippen LogP contribution in [-0.2, 0) is 9.84 Å². The summed E-state index contributed by atoms with van der Waals surface area (Å²) in [5.41, 5.74) is 0. The molecule has 0 bridgehead atoms. The predicted octanol–water partition coefficient (Wildman–Crippen LogP) is 2.61. The first-order chi connectivity index (χ1) is 7.81. The van der Waals surface area contributed by atoms with E-state index in [-0.39, 0.29) is 11.2 Å². The maximum Gasteiger partial charge on any atom is 0.153 e. The molecule has 0 radical (unpaired) electrons. The molecular formula is C13H29NO2S. The molecule has 0 fully saturated rings. The zero-order valence-electron chi connectivity index (χ0n) is 12.0. The minimum atomic E-state index is -2.90. The first-order valence-corrected chi connectivity index (χ1v) is 8.47. The molecule has 1 N–H and O–H groups in total. The van der Waals surface area contributed by atoms with Gasteiger partial charge in [0.25, 0.3) is 0 Å². The summed E-state index contributed by atoms with van der Waals surface area (Å²) in [6, 6.07) is 0.416. The smallest absolute Gasteiger partial charge is 0.153 e. The van der Waals surface area contributed by atoms with E-state index >= 15 is 0 Å². The molecule has 3 nitrogen and oxygen atoms in total. The van der Waals surface area contributed by atoms with Gasteiger partial charge < -0.3 is 5.32 Å². The lowest BCUT2D eigenvalue weighted by Crippen LogP contribution is -2.29. The maximum atomic E-state index is 11.9. The molecule has 0 amide bonds. The highest BCUT2D eigenvalue weighted by atomic mass is 32.2. The summed E-state index contributed by atoms with van der Waals surface area (Å²) in [6.07, 6.45) is 2.81. The molecule has 0 aliphatic carbocycles. The fourth-order valence-corrected chi connectivity index (χ4v) is 3.45. The summed E-state index contributed by atoms with van der Waals surface area (Å²) in [5, 5.41) is 3.15. The molecule has 0 heterocycles. The van der Waals surface area contributed by atoms with Gasteiger partial charge in [0.2, 0.25) is 0 Å². The molecule has 0 aliphatic heterocycles. The lowest BCUT2D eigenvalue weighted by atomic mass is 10.2. The van der Waals surface area contributed by atoms with Gasteiger partial charge in [-0.25, -0.2) is 8.42 Å². The minimum Gasteiger partial charge on any atom is -0.314 e. The minimum absolute atomic E-state index is 0.204. The summed E-state index contributed by atoms with van der Waals surface area (Å²) in [5.74, 6) is 0.528. The Balaban J connectivity index is 3.95. The van der Waals surface area contributed by atoms with E-state index in [0.717, 1.165) is 25.8 Å². The van der Waals surface area contributed by atoms with Crippen molar-refractivity contribution in [1.82, 2.24) is 5.32 Å². The van der Waals surface area contributed by atoms with Crippen LogP contribution in [0.4, 0.5) is 0 Å². The van der Waals surface area contributed by atoms with Crippen molar-refractivity contribution in [2.24, 2.45) is 5.92 Å². The summed E-state index contributed by atoms with van der Waals surface area (Å²) in [6.45, 7) is 11.0. The highest BCUT2D eigenvalue weighted by Gasteiger charge is 2.23. The fraction of sp³-hybridized carbons (Fsp3) is 1.00. The Bertz CT molecular complexity index is 286.